The third-order valence-corrected chi connectivity index (χ3v) is 3.10. The normalized spacial score (nSPS) is 22.1. The summed E-state index contributed by atoms with van der Waals surface area (Å²) < 4.78 is 5.17. The molecule has 1 aliphatic heterocycles. The van der Waals surface area contributed by atoms with Gasteiger partial charge < -0.3 is 10.1 Å². The zero-order valence-electron chi connectivity index (χ0n) is 9.75. The molecule has 1 aliphatic carbocycles. The fourth-order valence-corrected chi connectivity index (χ4v) is 2.07. The smallest absolute Gasteiger partial charge is 0.0533 e. The van der Waals surface area contributed by atoms with Gasteiger partial charge in [-0.15, -0.1) is 0 Å². The van der Waals surface area contributed by atoms with E-state index in [4.69, 9.17) is 4.74 Å². The molecule has 0 atom stereocenters. The van der Waals surface area contributed by atoms with Crippen LogP contribution in [0.5, 0.6) is 0 Å². The van der Waals surface area contributed by atoms with Crippen molar-refractivity contribution in [2.45, 2.75) is 26.7 Å². The van der Waals surface area contributed by atoms with Crippen LogP contribution in [0, 0.1) is 11.8 Å². The van der Waals surface area contributed by atoms with E-state index in [1.807, 2.05) is 0 Å². The van der Waals surface area contributed by atoms with Crippen molar-refractivity contribution in [2.75, 3.05) is 19.8 Å². The molecule has 0 radical (unpaired) electrons. The van der Waals surface area contributed by atoms with Gasteiger partial charge in [0.25, 0.3) is 0 Å². The molecule has 0 aromatic heterocycles. The SMILES string of the molecule is CC(C)C1=CCCC=C1NCC1COC1. The molecule has 0 amide bonds. The van der Waals surface area contributed by atoms with Gasteiger partial charge in [0.2, 0.25) is 0 Å². The fraction of sp³-hybridized carbons (Fsp3) is 0.692. The van der Waals surface area contributed by atoms with Crippen LogP contribution in [-0.4, -0.2) is 19.8 Å². The summed E-state index contributed by atoms with van der Waals surface area (Å²) in [6.07, 6.45) is 7.10. The Hall–Kier alpha value is -0.760. The average Bonchev–Trinajstić information content (AvgIpc) is 2.16. The van der Waals surface area contributed by atoms with Crippen LogP contribution in [0.15, 0.2) is 23.4 Å². The van der Waals surface area contributed by atoms with Crippen LogP contribution in [0.25, 0.3) is 0 Å². The second-order valence-corrected chi connectivity index (χ2v) is 4.79. The van der Waals surface area contributed by atoms with Crippen LogP contribution in [0.3, 0.4) is 0 Å². The van der Waals surface area contributed by atoms with Gasteiger partial charge in [-0.05, 0) is 24.3 Å². The average molecular weight is 207 g/mol. The number of hydrogen-bond acceptors (Lipinski definition) is 2. The predicted molar refractivity (Wildman–Crippen MR) is 62.5 cm³/mol. The number of allylic oxidation sites excluding steroid dienone is 3. The van der Waals surface area contributed by atoms with Crippen molar-refractivity contribution >= 4 is 0 Å². The minimum atomic E-state index is 0.627. The van der Waals surface area contributed by atoms with Crippen molar-refractivity contribution in [3.05, 3.63) is 23.4 Å². The second-order valence-electron chi connectivity index (χ2n) is 4.79. The molecule has 0 saturated carbocycles. The van der Waals surface area contributed by atoms with Crippen molar-refractivity contribution < 1.29 is 4.74 Å². The quantitative estimate of drug-likeness (QED) is 0.764. The molecule has 0 unspecified atom stereocenters. The molecule has 0 aromatic rings. The Labute approximate surface area is 92.4 Å². The Morgan fingerprint density at radius 1 is 1.33 bits per heavy atom. The zero-order valence-corrected chi connectivity index (χ0v) is 9.75. The minimum absolute atomic E-state index is 0.627. The lowest BCUT2D eigenvalue weighted by molar-refractivity contribution is -0.0296. The molecule has 0 aromatic carbocycles. The molecular formula is C13H21NO. The van der Waals surface area contributed by atoms with E-state index in [1.54, 1.807) is 0 Å². The summed E-state index contributed by atoms with van der Waals surface area (Å²) >= 11 is 0. The Bertz CT molecular complexity index is 274. The van der Waals surface area contributed by atoms with Crippen LogP contribution in [-0.2, 0) is 4.74 Å². The highest BCUT2D eigenvalue weighted by molar-refractivity contribution is 5.33. The molecule has 2 rings (SSSR count). The Kier molecular flexibility index (Phi) is 3.47. The highest BCUT2D eigenvalue weighted by atomic mass is 16.5. The van der Waals surface area contributed by atoms with Crippen molar-refractivity contribution in [1.29, 1.82) is 0 Å². The number of nitrogens with one attached hydrogen (secondary N) is 1. The number of hydrogen-bond donors (Lipinski definition) is 1. The van der Waals surface area contributed by atoms with Gasteiger partial charge in [0.1, 0.15) is 0 Å². The van der Waals surface area contributed by atoms with Gasteiger partial charge in [0.15, 0.2) is 0 Å². The summed E-state index contributed by atoms with van der Waals surface area (Å²) in [4.78, 5) is 0. The molecule has 2 heteroatoms. The molecule has 84 valence electrons. The van der Waals surface area contributed by atoms with E-state index < -0.39 is 0 Å². The highest BCUT2D eigenvalue weighted by Gasteiger charge is 2.19. The largest absolute Gasteiger partial charge is 0.385 e. The van der Waals surface area contributed by atoms with Crippen LogP contribution in [0.1, 0.15) is 26.7 Å². The van der Waals surface area contributed by atoms with Gasteiger partial charge in [-0.25, -0.2) is 0 Å². The third kappa shape index (κ3) is 2.63. The van der Waals surface area contributed by atoms with Gasteiger partial charge in [0.05, 0.1) is 13.2 Å². The van der Waals surface area contributed by atoms with Crippen LogP contribution in [0.4, 0.5) is 0 Å². The van der Waals surface area contributed by atoms with Crippen molar-refractivity contribution in [3.8, 4) is 0 Å². The highest BCUT2D eigenvalue weighted by Crippen LogP contribution is 2.23. The number of ether oxygens (including phenoxy) is 1. The van der Waals surface area contributed by atoms with E-state index in [0.29, 0.717) is 5.92 Å². The first-order chi connectivity index (χ1) is 7.27. The second kappa shape index (κ2) is 4.84. The first-order valence-corrected chi connectivity index (χ1v) is 5.99. The maximum absolute atomic E-state index is 5.17. The molecule has 15 heavy (non-hydrogen) atoms. The summed E-state index contributed by atoms with van der Waals surface area (Å²) in [5.41, 5.74) is 2.85. The summed E-state index contributed by atoms with van der Waals surface area (Å²) in [7, 11) is 0. The topological polar surface area (TPSA) is 21.3 Å². The first-order valence-electron chi connectivity index (χ1n) is 5.99. The molecule has 1 saturated heterocycles. The molecule has 0 spiro atoms. The molecular weight excluding hydrogens is 186 g/mol. The monoisotopic (exact) mass is 207 g/mol. The van der Waals surface area contributed by atoms with Crippen LogP contribution >= 0.6 is 0 Å². The standard InChI is InChI=1S/C13H21NO/c1-10(2)12-5-3-4-6-13(12)14-7-11-8-15-9-11/h5-6,10-11,14H,3-4,7-9H2,1-2H3. The van der Waals surface area contributed by atoms with Crippen molar-refractivity contribution in [1.82, 2.24) is 5.32 Å². The van der Waals surface area contributed by atoms with E-state index in [-0.39, 0.29) is 0 Å². The fourth-order valence-electron chi connectivity index (χ4n) is 2.07. The van der Waals surface area contributed by atoms with E-state index in [2.05, 4.69) is 31.3 Å². The maximum atomic E-state index is 5.17. The molecule has 1 N–H and O–H groups in total. The lowest BCUT2D eigenvalue weighted by Crippen LogP contribution is -2.37. The Balaban J connectivity index is 1.88. The van der Waals surface area contributed by atoms with Gasteiger partial charge in [0, 0.05) is 18.2 Å². The predicted octanol–water partition coefficient (Wildman–Crippen LogP) is 2.48. The third-order valence-electron chi connectivity index (χ3n) is 3.10. The summed E-state index contributed by atoms with van der Waals surface area (Å²) in [5.74, 6) is 1.35. The van der Waals surface area contributed by atoms with E-state index in [1.165, 1.54) is 24.1 Å². The van der Waals surface area contributed by atoms with Gasteiger partial charge >= 0.3 is 0 Å². The molecule has 1 heterocycles. The molecule has 2 nitrogen and oxygen atoms in total. The van der Waals surface area contributed by atoms with E-state index in [9.17, 15) is 0 Å². The van der Waals surface area contributed by atoms with Crippen molar-refractivity contribution in [3.63, 3.8) is 0 Å². The minimum Gasteiger partial charge on any atom is -0.385 e. The van der Waals surface area contributed by atoms with Crippen molar-refractivity contribution in [2.24, 2.45) is 11.8 Å². The summed E-state index contributed by atoms with van der Waals surface area (Å²) in [6, 6.07) is 0. The zero-order chi connectivity index (χ0) is 10.7. The van der Waals surface area contributed by atoms with Crippen LogP contribution in [0.2, 0.25) is 0 Å². The first kappa shape index (κ1) is 10.7. The molecule has 1 fully saturated rings. The van der Waals surface area contributed by atoms with E-state index >= 15 is 0 Å². The molecule has 0 bridgehead atoms. The van der Waals surface area contributed by atoms with Crippen LogP contribution < -0.4 is 5.32 Å². The van der Waals surface area contributed by atoms with Gasteiger partial charge in [-0.2, -0.15) is 0 Å². The summed E-state index contributed by atoms with van der Waals surface area (Å²) in [5, 5.41) is 3.57. The summed E-state index contributed by atoms with van der Waals surface area (Å²) in [6.45, 7) is 7.45. The Morgan fingerprint density at radius 2 is 2.07 bits per heavy atom. The van der Waals surface area contributed by atoms with Gasteiger partial charge in [-0.3, -0.25) is 0 Å². The lowest BCUT2D eigenvalue weighted by atomic mass is 9.93. The van der Waals surface area contributed by atoms with E-state index in [0.717, 1.165) is 25.7 Å². The number of rotatable bonds is 4. The maximum Gasteiger partial charge on any atom is 0.0533 e. The lowest BCUT2D eigenvalue weighted by Gasteiger charge is -2.29. The Morgan fingerprint density at radius 3 is 2.67 bits per heavy atom. The molecule has 2 aliphatic rings. The van der Waals surface area contributed by atoms with Gasteiger partial charge in [-0.1, -0.05) is 26.0 Å².